The minimum atomic E-state index is -2.23. The Balaban J connectivity index is 1.11. The van der Waals surface area contributed by atoms with Crippen LogP contribution < -0.4 is 4.74 Å². The molecule has 15 N–H and O–H groups in total. The van der Waals surface area contributed by atoms with Crippen LogP contribution in [0.2, 0.25) is 0 Å². The number of aliphatic hydroxyl groups excluding tert-OH is 9. The fourth-order valence-electron chi connectivity index (χ4n) is 8.92. The summed E-state index contributed by atoms with van der Waals surface area (Å²) in [4.78, 5) is 48.9. The van der Waals surface area contributed by atoms with Gasteiger partial charge < -0.3 is 129 Å². The van der Waals surface area contributed by atoms with Crippen LogP contribution in [0.25, 0.3) is 17.9 Å². The van der Waals surface area contributed by atoms with Crippen LogP contribution >= 0.6 is 0 Å². The summed E-state index contributed by atoms with van der Waals surface area (Å²) in [5.41, 5.74) is 0.372. The lowest BCUT2D eigenvalue weighted by Crippen LogP contribution is -2.64. The molecule has 8 rings (SSSR count). The Morgan fingerprint density at radius 3 is 1.72 bits per heavy atom. The number of carbonyl (C=O) groups is 4. The first-order valence-corrected chi connectivity index (χ1v) is 25.5. The van der Waals surface area contributed by atoms with Crippen LogP contribution in [0.15, 0.2) is 108 Å². The van der Waals surface area contributed by atoms with Crippen molar-refractivity contribution in [1.29, 1.82) is 0 Å². The minimum absolute atomic E-state index is 0.0541. The van der Waals surface area contributed by atoms with Crippen molar-refractivity contribution in [3.63, 3.8) is 0 Å². The van der Waals surface area contributed by atoms with Crippen LogP contribution in [-0.4, -0.2) is 226 Å². The molecule has 0 aromatic heterocycles. The van der Waals surface area contributed by atoms with Gasteiger partial charge in [0.1, 0.15) is 117 Å². The number of aromatic hydroxyl groups is 5. The van der Waals surface area contributed by atoms with E-state index in [1.165, 1.54) is 61.7 Å². The fourth-order valence-corrected chi connectivity index (χ4v) is 8.92. The average Bonchev–Trinajstić information content (AvgIpc) is 2.25. The SMILES string of the molecule is COc1cc(C=CC(=O)OCC2OC(OC3C(OC4=C(c5cc(O)c(O)c(O)c5)OC5C=C(O)C=C(OC6OC(COC(=O)CC(=O)O)C(O)C(O)C6O)C5=C4)OC(COC(=O)C=Cc4ccc(O)cc4)C(O)C3O)C(O)C(O)C2O)ccc1O. The molecule has 5 aliphatic rings. The van der Waals surface area contributed by atoms with Crippen molar-refractivity contribution in [3.05, 3.63) is 125 Å². The molecular formula is C55H58O30. The van der Waals surface area contributed by atoms with Gasteiger partial charge in [-0.05, 0) is 65.8 Å². The van der Waals surface area contributed by atoms with Gasteiger partial charge in [-0.2, -0.15) is 0 Å². The zero-order chi connectivity index (χ0) is 61.6. The number of hydrogen-bond donors (Lipinski definition) is 15. The number of phenolic OH excluding ortho intramolecular Hbond substituents is 5. The van der Waals surface area contributed by atoms with E-state index in [1.54, 1.807) is 0 Å². The molecule has 85 heavy (non-hydrogen) atoms. The van der Waals surface area contributed by atoms with E-state index in [0.717, 1.165) is 42.5 Å². The monoisotopic (exact) mass is 1200 g/mol. The van der Waals surface area contributed by atoms with Crippen molar-refractivity contribution in [3.8, 4) is 34.5 Å². The Hall–Kier alpha value is -8.50. The van der Waals surface area contributed by atoms with E-state index in [9.17, 15) is 90.7 Å². The lowest BCUT2D eigenvalue weighted by molar-refractivity contribution is -0.363. The number of ether oxygens (including phenoxy) is 11. The highest BCUT2D eigenvalue weighted by Gasteiger charge is 2.53. The number of fused-ring (bicyclic) bond motifs is 1. The summed E-state index contributed by atoms with van der Waals surface area (Å²) in [7, 11) is 1.31. The standard InChI is InChI=1S/C55H58O30/c1-75-33-12-23(4-9-28(33)58)6-11-40(64)76-19-35-43(67)47(71)50(74)54(83-35)85-52-48(72)45(69)37(20-77-39(63)10-5-22-2-7-25(56)8-3-22)84-55(52)81-34-17-27-31(79-51(34)24-13-29(59)42(66)30(60)14-24)15-26(57)16-32(27)80-53-49(73)46(70)44(68)36(82-53)21-78-41(65)18-38(61)62/h2-17,31,35-37,43-50,52-60,66-74H,18-21H2,1H3,(H,61,62). The maximum atomic E-state index is 13.0. The van der Waals surface area contributed by atoms with Gasteiger partial charge in [0.25, 0.3) is 0 Å². The smallest absolute Gasteiger partial charge is 0.330 e. The molecule has 30 nitrogen and oxygen atoms in total. The molecule has 4 heterocycles. The van der Waals surface area contributed by atoms with Crippen LogP contribution in [0.5, 0.6) is 34.5 Å². The van der Waals surface area contributed by atoms with Crippen molar-refractivity contribution in [2.45, 2.75) is 105 Å². The average molecular weight is 1200 g/mol. The van der Waals surface area contributed by atoms with Crippen LogP contribution in [0, 0.1) is 0 Å². The number of aliphatic carboxylic acids is 1. The predicted octanol–water partition coefficient (Wildman–Crippen LogP) is -1.43. The van der Waals surface area contributed by atoms with Gasteiger partial charge in [-0.1, -0.05) is 18.2 Å². The summed E-state index contributed by atoms with van der Waals surface area (Å²) in [6.45, 7) is -2.52. The van der Waals surface area contributed by atoms with Crippen molar-refractivity contribution < 1.29 is 148 Å². The number of carbonyl (C=O) groups excluding carboxylic acids is 3. The molecule has 1 aliphatic carbocycles. The number of carboxylic acid groups (broad SMARTS) is 1. The Kier molecular flexibility index (Phi) is 19.9. The zero-order valence-electron chi connectivity index (χ0n) is 44.1. The molecule has 0 amide bonds. The molecule has 16 atom stereocenters. The van der Waals surface area contributed by atoms with Gasteiger partial charge in [0.05, 0.1) is 7.11 Å². The topological polar surface area (TPSA) is 473 Å². The normalized spacial score (nSPS) is 30.2. The lowest BCUT2D eigenvalue weighted by atomic mass is 9.95. The maximum Gasteiger partial charge on any atom is 0.330 e. The van der Waals surface area contributed by atoms with E-state index in [0.29, 0.717) is 11.1 Å². The number of rotatable bonds is 20. The van der Waals surface area contributed by atoms with E-state index in [2.05, 4.69) is 0 Å². The number of aliphatic hydroxyl groups is 9. The second-order valence-electron chi connectivity index (χ2n) is 19.4. The quantitative estimate of drug-likeness (QED) is 0.0203. The number of methoxy groups -OCH3 is 1. The molecule has 0 radical (unpaired) electrons. The summed E-state index contributed by atoms with van der Waals surface area (Å²) >= 11 is 0. The van der Waals surface area contributed by atoms with Crippen molar-refractivity contribution in [2.24, 2.45) is 0 Å². The van der Waals surface area contributed by atoms with Gasteiger partial charge in [-0.25, -0.2) is 9.59 Å². The number of hydrogen-bond acceptors (Lipinski definition) is 29. The molecule has 458 valence electrons. The summed E-state index contributed by atoms with van der Waals surface area (Å²) in [5, 5.41) is 161. The Bertz CT molecular complexity index is 3110. The third-order valence-electron chi connectivity index (χ3n) is 13.4. The Labute approximate surface area is 479 Å². The van der Waals surface area contributed by atoms with Crippen molar-refractivity contribution in [1.82, 2.24) is 0 Å². The van der Waals surface area contributed by atoms with Crippen LogP contribution in [-0.2, 0) is 66.5 Å². The third-order valence-corrected chi connectivity index (χ3v) is 13.4. The molecule has 3 fully saturated rings. The largest absolute Gasteiger partial charge is 0.508 e. The van der Waals surface area contributed by atoms with Gasteiger partial charge in [-0.15, -0.1) is 0 Å². The van der Waals surface area contributed by atoms with Crippen molar-refractivity contribution >= 4 is 41.8 Å². The van der Waals surface area contributed by atoms with E-state index in [1.807, 2.05) is 0 Å². The zero-order valence-corrected chi connectivity index (χ0v) is 44.1. The van der Waals surface area contributed by atoms with Gasteiger partial charge >= 0.3 is 23.9 Å². The van der Waals surface area contributed by atoms with Crippen molar-refractivity contribution in [2.75, 3.05) is 26.9 Å². The molecule has 3 aromatic rings. The second kappa shape index (κ2) is 27.0. The van der Waals surface area contributed by atoms with Gasteiger partial charge in [0.2, 0.25) is 12.6 Å². The van der Waals surface area contributed by atoms with Crippen LogP contribution in [0.4, 0.5) is 0 Å². The molecule has 4 aliphatic heterocycles. The van der Waals surface area contributed by atoms with E-state index >= 15 is 0 Å². The van der Waals surface area contributed by atoms with Gasteiger partial charge in [0, 0.05) is 35.4 Å². The van der Waals surface area contributed by atoms with E-state index < -0.39 is 189 Å². The molecule has 0 saturated carbocycles. The highest BCUT2D eigenvalue weighted by atomic mass is 16.8. The fraction of sp³-hybridized carbons (Fsp3) is 0.382. The molecule has 3 saturated heterocycles. The second-order valence-corrected chi connectivity index (χ2v) is 19.4. The molecular weight excluding hydrogens is 1140 g/mol. The molecule has 30 heteroatoms. The number of benzene rings is 3. The lowest BCUT2D eigenvalue weighted by Gasteiger charge is -2.46. The summed E-state index contributed by atoms with van der Waals surface area (Å²) < 4.78 is 62.7. The first kappa shape index (κ1) is 62.5. The number of phenols is 5. The molecule has 16 unspecified atom stereocenters. The molecule has 0 bridgehead atoms. The number of allylic oxidation sites excluding steroid dienone is 2. The first-order valence-electron chi connectivity index (χ1n) is 25.5. The summed E-state index contributed by atoms with van der Waals surface area (Å²) in [6, 6.07) is 11.6. The van der Waals surface area contributed by atoms with Gasteiger partial charge in [0.15, 0.2) is 52.7 Å². The minimum Gasteiger partial charge on any atom is -0.508 e. The van der Waals surface area contributed by atoms with Gasteiger partial charge in [-0.3, -0.25) is 9.59 Å². The number of esters is 3. The predicted molar refractivity (Wildman–Crippen MR) is 277 cm³/mol. The maximum absolute atomic E-state index is 13.0. The Morgan fingerprint density at radius 2 is 1.12 bits per heavy atom. The highest BCUT2D eigenvalue weighted by molar-refractivity contribution is 5.90. The van der Waals surface area contributed by atoms with Crippen LogP contribution in [0.1, 0.15) is 23.1 Å². The first-order chi connectivity index (χ1) is 40.4. The molecule has 0 spiro atoms. The third kappa shape index (κ3) is 14.9. The summed E-state index contributed by atoms with van der Waals surface area (Å²) in [6.07, 6.45) is -25.2. The number of carboxylic acids is 1. The summed E-state index contributed by atoms with van der Waals surface area (Å²) in [5.74, 6) is -9.92. The Morgan fingerprint density at radius 1 is 0.576 bits per heavy atom. The van der Waals surface area contributed by atoms with Crippen LogP contribution in [0.3, 0.4) is 0 Å². The van der Waals surface area contributed by atoms with E-state index in [-0.39, 0.29) is 28.4 Å². The molecule has 3 aromatic carbocycles. The highest BCUT2D eigenvalue weighted by Crippen LogP contribution is 2.44. The van der Waals surface area contributed by atoms with E-state index in [4.69, 9.17) is 57.2 Å².